The summed E-state index contributed by atoms with van der Waals surface area (Å²) in [5.74, 6) is -0.989. The van der Waals surface area contributed by atoms with Crippen LogP contribution in [0.4, 0.5) is 26.3 Å². The van der Waals surface area contributed by atoms with E-state index in [1.807, 2.05) is 0 Å². The van der Waals surface area contributed by atoms with E-state index in [-0.39, 0.29) is 36.6 Å². The normalized spacial score (nSPS) is 16.1. The summed E-state index contributed by atoms with van der Waals surface area (Å²) in [4.78, 5) is 13.6. The fourth-order valence-electron chi connectivity index (χ4n) is 3.08. The van der Waals surface area contributed by atoms with Crippen molar-refractivity contribution in [3.05, 3.63) is 59.7 Å². The third-order valence-electron chi connectivity index (χ3n) is 4.68. The minimum atomic E-state index is -4.86. The van der Waals surface area contributed by atoms with Crippen molar-refractivity contribution in [2.75, 3.05) is 26.2 Å². The highest BCUT2D eigenvalue weighted by Crippen LogP contribution is 2.30. The van der Waals surface area contributed by atoms with E-state index in [2.05, 4.69) is 4.74 Å². The number of sulfonamides is 1. The van der Waals surface area contributed by atoms with Crippen LogP contribution < -0.4 is 4.74 Å². The topological polar surface area (TPSA) is 66.9 Å². The molecule has 0 N–H and O–H groups in total. The number of hydrogen-bond acceptors (Lipinski definition) is 4. The Bertz CT molecular complexity index is 1060. The molecule has 1 aliphatic heterocycles. The van der Waals surface area contributed by atoms with Gasteiger partial charge in [-0.05, 0) is 48.5 Å². The van der Waals surface area contributed by atoms with Crippen molar-refractivity contribution < 1.29 is 44.3 Å². The molecule has 1 heterocycles. The van der Waals surface area contributed by atoms with Crippen LogP contribution in [0.15, 0.2) is 53.4 Å². The zero-order valence-electron chi connectivity index (χ0n) is 16.2. The highest BCUT2D eigenvalue weighted by Gasteiger charge is 2.34. The van der Waals surface area contributed by atoms with Crippen LogP contribution >= 0.6 is 0 Å². The number of hydrogen-bond donors (Lipinski definition) is 0. The lowest BCUT2D eigenvalue weighted by molar-refractivity contribution is -0.274. The average Bonchev–Trinajstić information content (AvgIpc) is 2.72. The number of rotatable bonds is 4. The second kappa shape index (κ2) is 8.62. The molecular formula is C19H16F6N2O4S. The minimum absolute atomic E-state index is 0.000495. The van der Waals surface area contributed by atoms with Gasteiger partial charge < -0.3 is 9.64 Å². The van der Waals surface area contributed by atoms with Crippen LogP contribution in [-0.4, -0.2) is 56.1 Å². The van der Waals surface area contributed by atoms with Crippen molar-refractivity contribution in [2.24, 2.45) is 0 Å². The maximum absolute atomic E-state index is 12.7. The molecule has 2 aromatic rings. The Kier molecular flexibility index (Phi) is 6.43. The molecule has 174 valence electrons. The van der Waals surface area contributed by atoms with E-state index in [4.69, 9.17) is 0 Å². The highest BCUT2D eigenvalue weighted by molar-refractivity contribution is 7.89. The Morgan fingerprint density at radius 1 is 0.812 bits per heavy atom. The van der Waals surface area contributed by atoms with E-state index in [0.717, 1.165) is 40.7 Å². The van der Waals surface area contributed by atoms with Gasteiger partial charge in [0.05, 0.1) is 10.5 Å². The van der Waals surface area contributed by atoms with E-state index in [0.29, 0.717) is 12.1 Å². The molecule has 0 radical (unpaired) electrons. The largest absolute Gasteiger partial charge is 0.573 e. The molecule has 0 aromatic heterocycles. The molecule has 1 saturated heterocycles. The number of nitrogens with zero attached hydrogens (tertiary/aromatic N) is 2. The van der Waals surface area contributed by atoms with Crippen molar-refractivity contribution in [3.63, 3.8) is 0 Å². The number of carbonyl (C=O) groups is 1. The standard InChI is InChI=1S/C19H16F6N2O4S/c20-18(21,22)14-3-7-16(8-4-14)32(29,30)27-11-9-26(10-12-27)17(28)13-1-5-15(6-2-13)31-19(23,24)25/h1-8H,9-12H2. The first kappa shape index (κ1) is 23.9. The molecular weight excluding hydrogens is 466 g/mol. The van der Waals surface area contributed by atoms with Crippen LogP contribution in [-0.2, 0) is 16.2 Å². The summed E-state index contributed by atoms with van der Waals surface area (Å²) in [6.45, 7) is -0.187. The van der Waals surface area contributed by atoms with E-state index in [1.54, 1.807) is 0 Å². The third kappa shape index (κ3) is 5.51. The molecule has 0 unspecified atom stereocenters. The summed E-state index contributed by atoms with van der Waals surface area (Å²) in [7, 11) is -4.06. The van der Waals surface area contributed by atoms with E-state index in [9.17, 15) is 39.6 Å². The number of halogens is 6. The molecule has 1 amide bonds. The molecule has 0 bridgehead atoms. The van der Waals surface area contributed by atoms with Gasteiger partial charge in [-0.2, -0.15) is 17.5 Å². The minimum Gasteiger partial charge on any atom is -0.406 e. The fourth-order valence-corrected chi connectivity index (χ4v) is 4.50. The van der Waals surface area contributed by atoms with Gasteiger partial charge in [0.1, 0.15) is 5.75 Å². The van der Waals surface area contributed by atoms with Crippen LogP contribution in [0.2, 0.25) is 0 Å². The molecule has 0 atom stereocenters. The Balaban J connectivity index is 1.63. The van der Waals surface area contributed by atoms with Gasteiger partial charge in [-0.3, -0.25) is 4.79 Å². The number of piperazine rings is 1. The van der Waals surface area contributed by atoms with Crippen LogP contribution in [0, 0.1) is 0 Å². The average molecular weight is 482 g/mol. The second-order valence-corrected chi connectivity index (χ2v) is 8.73. The first-order valence-electron chi connectivity index (χ1n) is 9.10. The molecule has 32 heavy (non-hydrogen) atoms. The van der Waals surface area contributed by atoms with Gasteiger partial charge in [-0.1, -0.05) is 0 Å². The number of benzene rings is 2. The Morgan fingerprint density at radius 2 is 1.34 bits per heavy atom. The SMILES string of the molecule is O=C(c1ccc(OC(F)(F)F)cc1)N1CCN(S(=O)(=O)c2ccc(C(F)(F)F)cc2)CC1. The monoisotopic (exact) mass is 482 g/mol. The summed E-state index contributed by atoms with van der Waals surface area (Å²) in [6.07, 6.45) is -9.45. The van der Waals surface area contributed by atoms with E-state index < -0.39 is 39.8 Å². The van der Waals surface area contributed by atoms with Crippen LogP contribution in [0.5, 0.6) is 5.75 Å². The van der Waals surface area contributed by atoms with E-state index in [1.165, 1.54) is 4.90 Å². The van der Waals surface area contributed by atoms with Crippen molar-refractivity contribution in [1.29, 1.82) is 0 Å². The molecule has 1 fully saturated rings. The predicted molar refractivity (Wildman–Crippen MR) is 99.2 cm³/mol. The molecule has 3 rings (SSSR count). The van der Waals surface area contributed by atoms with Gasteiger partial charge in [0.15, 0.2) is 0 Å². The summed E-state index contributed by atoms with van der Waals surface area (Å²) in [6, 6.07) is 7.42. The highest BCUT2D eigenvalue weighted by atomic mass is 32.2. The van der Waals surface area contributed by atoms with Gasteiger partial charge >= 0.3 is 12.5 Å². The number of amides is 1. The molecule has 13 heteroatoms. The smallest absolute Gasteiger partial charge is 0.406 e. The lowest BCUT2D eigenvalue weighted by Gasteiger charge is -2.34. The van der Waals surface area contributed by atoms with Crippen LogP contribution in [0.3, 0.4) is 0 Å². The molecule has 2 aromatic carbocycles. The van der Waals surface area contributed by atoms with Crippen LogP contribution in [0.25, 0.3) is 0 Å². The quantitative estimate of drug-likeness (QED) is 0.623. The summed E-state index contributed by atoms with van der Waals surface area (Å²) in [5.41, 5.74) is -0.878. The Labute approximate surface area is 179 Å². The van der Waals surface area contributed by atoms with Crippen molar-refractivity contribution in [1.82, 2.24) is 9.21 Å². The van der Waals surface area contributed by atoms with Gasteiger partial charge in [0.2, 0.25) is 10.0 Å². The summed E-state index contributed by atoms with van der Waals surface area (Å²) >= 11 is 0. The number of alkyl halides is 6. The van der Waals surface area contributed by atoms with Crippen molar-refractivity contribution in [3.8, 4) is 5.75 Å². The lowest BCUT2D eigenvalue weighted by atomic mass is 10.2. The number of ether oxygens (including phenoxy) is 1. The number of carbonyl (C=O) groups excluding carboxylic acids is 1. The fraction of sp³-hybridized carbons (Fsp3) is 0.316. The molecule has 0 spiro atoms. The molecule has 0 saturated carbocycles. The Morgan fingerprint density at radius 3 is 1.81 bits per heavy atom. The second-order valence-electron chi connectivity index (χ2n) is 6.79. The third-order valence-corrected chi connectivity index (χ3v) is 6.59. The van der Waals surface area contributed by atoms with Gasteiger partial charge in [-0.25, -0.2) is 8.42 Å². The maximum atomic E-state index is 12.7. The van der Waals surface area contributed by atoms with E-state index >= 15 is 0 Å². The van der Waals surface area contributed by atoms with Crippen molar-refractivity contribution in [2.45, 2.75) is 17.4 Å². The zero-order chi connectivity index (χ0) is 23.7. The molecule has 1 aliphatic rings. The maximum Gasteiger partial charge on any atom is 0.573 e. The zero-order valence-corrected chi connectivity index (χ0v) is 17.0. The van der Waals surface area contributed by atoms with Gasteiger partial charge in [0, 0.05) is 31.7 Å². The summed E-state index contributed by atoms with van der Waals surface area (Å²) < 4.78 is 105. The van der Waals surface area contributed by atoms with Crippen molar-refractivity contribution >= 4 is 15.9 Å². The molecule has 6 nitrogen and oxygen atoms in total. The molecule has 0 aliphatic carbocycles. The summed E-state index contributed by atoms with van der Waals surface area (Å²) in [5, 5.41) is 0. The first-order chi connectivity index (χ1) is 14.8. The Hall–Kier alpha value is -2.80. The van der Waals surface area contributed by atoms with Crippen LogP contribution in [0.1, 0.15) is 15.9 Å². The van der Waals surface area contributed by atoms with Gasteiger partial charge in [0.25, 0.3) is 5.91 Å². The predicted octanol–water partition coefficient (Wildman–Crippen LogP) is 3.75. The first-order valence-corrected chi connectivity index (χ1v) is 10.5. The van der Waals surface area contributed by atoms with Gasteiger partial charge in [-0.15, -0.1) is 13.2 Å². The lowest BCUT2D eigenvalue weighted by Crippen LogP contribution is -2.50.